The van der Waals surface area contributed by atoms with E-state index in [1.54, 1.807) is 11.9 Å². The molecule has 0 amide bonds. The minimum absolute atomic E-state index is 0.00441. The SMILES string of the molecule is CCCCCCCCCCNC(=NCc1ccccc1)N(C)C(=N)N. The zero-order valence-corrected chi connectivity index (χ0v) is 15.9. The second-order valence-corrected chi connectivity index (χ2v) is 6.47. The number of unbranched alkanes of at least 4 members (excludes halogenated alkanes) is 7. The predicted molar refractivity (Wildman–Crippen MR) is 108 cm³/mol. The molecule has 0 atom stereocenters. The van der Waals surface area contributed by atoms with Gasteiger partial charge in [0.1, 0.15) is 0 Å². The first-order valence-corrected chi connectivity index (χ1v) is 9.55. The van der Waals surface area contributed by atoms with Gasteiger partial charge in [-0.2, -0.15) is 0 Å². The molecule has 0 spiro atoms. The molecule has 5 heteroatoms. The largest absolute Gasteiger partial charge is 0.370 e. The van der Waals surface area contributed by atoms with E-state index in [1.807, 2.05) is 30.3 Å². The summed E-state index contributed by atoms with van der Waals surface area (Å²) in [5, 5.41) is 11.0. The molecule has 0 bridgehead atoms. The monoisotopic (exact) mass is 345 g/mol. The molecule has 0 aliphatic heterocycles. The normalized spacial score (nSPS) is 11.4. The lowest BCUT2D eigenvalue weighted by Crippen LogP contribution is -2.45. The number of nitrogens with zero attached hydrogens (tertiary/aromatic N) is 2. The molecule has 4 N–H and O–H groups in total. The summed E-state index contributed by atoms with van der Waals surface area (Å²) in [7, 11) is 1.77. The highest BCUT2D eigenvalue weighted by atomic mass is 15.3. The highest BCUT2D eigenvalue weighted by Gasteiger charge is 2.08. The van der Waals surface area contributed by atoms with Crippen LogP contribution < -0.4 is 11.1 Å². The molecule has 0 saturated heterocycles. The van der Waals surface area contributed by atoms with Gasteiger partial charge in [0.2, 0.25) is 5.96 Å². The van der Waals surface area contributed by atoms with E-state index >= 15 is 0 Å². The topological polar surface area (TPSA) is 77.5 Å². The van der Waals surface area contributed by atoms with Crippen LogP contribution in [0.2, 0.25) is 0 Å². The van der Waals surface area contributed by atoms with Gasteiger partial charge in [0, 0.05) is 13.6 Å². The lowest BCUT2D eigenvalue weighted by molar-refractivity contribution is 0.567. The van der Waals surface area contributed by atoms with Crippen LogP contribution in [0.5, 0.6) is 0 Å². The second kappa shape index (κ2) is 13.3. The van der Waals surface area contributed by atoms with E-state index in [0.29, 0.717) is 12.5 Å². The van der Waals surface area contributed by atoms with E-state index in [2.05, 4.69) is 17.2 Å². The van der Waals surface area contributed by atoms with Gasteiger partial charge in [0.15, 0.2) is 5.96 Å². The van der Waals surface area contributed by atoms with Gasteiger partial charge in [-0.3, -0.25) is 10.3 Å². The number of rotatable bonds is 11. The van der Waals surface area contributed by atoms with Gasteiger partial charge in [0.05, 0.1) is 6.54 Å². The highest BCUT2D eigenvalue weighted by Crippen LogP contribution is 2.08. The Bertz CT molecular complexity index is 498. The molecular formula is C20H35N5. The number of aliphatic imine (C=N–C) groups is 1. The first kappa shape index (κ1) is 21.0. The van der Waals surface area contributed by atoms with Gasteiger partial charge in [-0.25, -0.2) is 4.99 Å². The van der Waals surface area contributed by atoms with E-state index in [1.165, 1.54) is 44.9 Å². The second-order valence-electron chi connectivity index (χ2n) is 6.47. The first-order valence-electron chi connectivity index (χ1n) is 9.55. The molecule has 5 nitrogen and oxygen atoms in total. The first-order chi connectivity index (χ1) is 12.1. The van der Waals surface area contributed by atoms with Gasteiger partial charge in [0.25, 0.3) is 0 Å². The maximum atomic E-state index is 7.62. The summed E-state index contributed by atoms with van der Waals surface area (Å²) in [6, 6.07) is 10.1. The summed E-state index contributed by atoms with van der Waals surface area (Å²) in [4.78, 5) is 6.18. The standard InChI is InChI=1S/C20H35N5/c1-3-4-5-6-7-8-9-13-16-23-20(25(2)19(21)22)24-17-18-14-11-10-12-15-18/h10-12,14-15H,3-9,13,16-17H2,1-2H3,(H3,21,22)(H,23,24). The average molecular weight is 346 g/mol. The van der Waals surface area contributed by atoms with E-state index in [0.717, 1.165) is 18.5 Å². The molecule has 0 saturated carbocycles. The Morgan fingerprint density at radius 1 is 1.04 bits per heavy atom. The minimum atomic E-state index is -0.00441. The zero-order valence-electron chi connectivity index (χ0n) is 15.9. The van der Waals surface area contributed by atoms with Crippen molar-refractivity contribution in [3.8, 4) is 0 Å². The molecule has 0 radical (unpaired) electrons. The number of nitrogens with two attached hydrogens (primary N) is 1. The summed E-state index contributed by atoms with van der Waals surface area (Å²) in [6.07, 6.45) is 10.4. The predicted octanol–water partition coefficient (Wildman–Crippen LogP) is 4.10. The Balaban J connectivity index is 2.33. The van der Waals surface area contributed by atoms with Crippen LogP contribution in [0.3, 0.4) is 0 Å². The van der Waals surface area contributed by atoms with Crippen molar-refractivity contribution < 1.29 is 0 Å². The Morgan fingerprint density at radius 3 is 2.24 bits per heavy atom. The molecule has 0 fully saturated rings. The third-order valence-corrected chi connectivity index (χ3v) is 4.25. The molecule has 0 unspecified atom stereocenters. The summed E-state index contributed by atoms with van der Waals surface area (Å²) >= 11 is 0. The summed E-state index contributed by atoms with van der Waals surface area (Å²) < 4.78 is 0. The summed E-state index contributed by atoms with van der Waals surface area (Å²) in [5.41, 5.74) is 6.75. The molecule has 0 aliphatic rings. The molecule has 0 aromatic heterocycles. The highest BCUT2D eigenvalue weighted by molar-refractivity contribution is 5.96. The Kier molecular flexibility index (Phi) is 11.2. The van der Waals surface area contributed by atoms with Gasteiger partial charge in [-0.15, -0.1) is 0 Å². The van der Waals surface area contributed by atoms with Crippen LogP contribution >= 0.6 is 0 Å². The number of nitrogens with one attached hydrogen (secondary N) is 2. The fraction of sp³-hybridized carbons (Fsp3) is 0.600. The number of hydrogen-bond donors (Lipinski definition) is 3. The van der Waals surface area contributed by atoms with Crippen molar-refractivity contribution in [2.75, 3.05) is 13.6 Å². The van der Waals surface area contributed by atoms with Crippen LogP contribution in [0.15, 0.2) is 35.3 Å². The van der Waals surface area contributed by atoms with Crippen LogP contribution in [-0.4, -0.2) is 30.4 Å². The molecule has 1 rings (SSSR count). The zero-order chi connectivity index (χ0) is 18.3. The van der Waals surface area contributed by atoms with Gasteiger partial charge < -0.3 is 11.1 Å². The molecule has 0 heterocycles. The molecule has 25 heavy (non-hydrogen) atoms. The van der Waals surface area contributed by atoms with Crippen molar-refractivity contribution in [1.29, 1.82) is 5.41 Å². The number of hydrogen-bond acceptors (Lipinski definition) is 2. The van der Waals surface area contributed by atoms with E-state index in [-0.39, 0.29) is 5.96 Å². The van der Waals surface area contributed by atoms with E-state index in [4.69, 9.17) is 11.1 Å². The van der Waals surface area contributed by atoms with E-state index < -0.39 is 0 Å². The Hall–Kier alpha value is -2.04. The minimum Gasteiger partial charge on any atom is -0.370 e. The Morgan fingerprint density at radius 2 is 1.64 bits per heavy atom. The van der Waals surface area contributed by atoms with Crippen LogP contribution in [0.4, 0.5) is 0 Å². The lowest BCUT2D eigenvalue weighted by Gasteiger charge is -2.20. The molecular weight excluding hydrogens is 310 g/mol. The summed E-state index contributed by atoms with van der Waals surface area (Å²) in [6.45, 7) is 3.69. The van der Waals surface area contributed by atoms with Crippen molar-refractivity contribution in [2.24, 2.45) is 10.7 Å². The van der Waals surface area contributed by atoms with Crippen LogP contribution in [0.25, 0.3) is 0 Å². The van der Waals surface area contributed by atoms with Gasteiger partial charge >= 0.3 is 0 Å². The van der Waals surface area contributed by atoms with E-state index in [9.17, 15) is 0 Å². The van der Waals surface area contributed by atoms with Crippen molar-refractivity contribution in [1.82, 2.24) is 10.2 Å². The molecule has 140 valence electrons. The number of guanidine groups is 2. The maximum Gasteiger partial charge on any atom is 0.200 e. The van der Waals surface area contributed by atoms with Crippen molar-refractivity contribution >= 4 is 11.9 Å². The van der Waals surface area contributed by atoms with Gasteiger partial charge in [-0.05, 0) is 12.0 Å². The smallest absolute Gasteiger partial charge is 0.200 e. The van der Waals surface area contributed by atoms with Gasteiger partial charge in [-0.1, -0.05) is 82.2 Å². The summed E-state index contributed by atoms with van der Waals surface area (Å²) in [5.74, 6) is 0.662. The fourth-order valence-corrected chi connectivity index (χ4v) is 2.60. The van der Waals surface area contributed by atoms with Crippen molar-refractivity contribution in [3.63, 3.8) is 0 Å². The third kappa shape index (κ3) is 9.75. The molecule has 0 aliphatic carbocycles. The third-order valence-electron chi connectivity index (χ3n) is 4.25. The van der Waals surface area contributed by atoms with Crippen LogP contribution in [0, 0.1) is 5.41 Å². The van der Waals surface area contributed by atoms with Crippen LogP contribution in [-0.2, 0) is 6.54 Å². The average Bonchev–Trinajstić information content (AvgIpc) is 2.63. The lowest BCUT2D eigenvalue weighted by atomic mass is 10.1. The van der Waals surface area contributed by atoms with Crippen molar-refractivity contribution in [2.45, 2.75) is 64.8 Å². The Labute approximate surface area is 153 Å². The molecule has 1 aromatic carbocycles. The van der Waals surface area contributed by atoms with Crippen molar-refractivity contribution in [3.05, 3.63) is 35.9 Å². The fourth-order valence-electron chi connectivity index (χ4n) is 2.60. The molecule has 1 aromatic rings. The maximum absolute atomic E-state index is 7.62. The van der Waals surface area contributed by atoms with Crippen LogP contribution in [0.1, 0.15) is 63.9 Å². The number of benzene rings is 1. The quantitative estimate of drug-likeness (QED) is 0.321.